The predicted octanol–water partition coefficient (Wildman–Crippen LogP) is 2.44. The Balaban J connectivity index is 1.92. The third-order valence-electron chi connectivity index (χ3n) is 2.65. The van der Waals surface area contributed by atoms with Gasteiger partial charge in [-0.25, -0.2) is 9.78 Å². The molecule has 9 heteroatoms. The number of non-ortho nitro benzene ring substituents is 1. The lowest BCUT2D eigenvalue weighted by Gasteiger charge is -2.07. The van der Waals surface area contributed by atoms with Crippen LogP contribution in [0.25, 0.3) is 0 Å². The monoisotopic (exact) mass is 335 g/mol. The van der Waals surface area contributed by atoms with Crippen molar-refractivity contribution in [3.63, 3.8) is 0 Å². The number of benzene rings is 1. The molecule has 0 saturated carbocycles. The fraction of sp³-hybridized carbons (Fsp3) is 0.0714. The van der Waals surface area contributed by atoms with E-state index in [1.165, 1.54) is 24.4 Å². The number of nitro groups is 1. The second-order valence-corrected chi connectivity index (χ2v) is 4.67. The first-order valence-corrected chi connectivity index (χ1v) is 6.67. The molecule has 0 fully saturated rings. The van der Waals surface area contributed by atoms with Crippen LogP contribution in [0.1, 0.15) is 10.5 Å². The molecule has 0 unspecified atom stereocenters. The van der Waals surface area contributed by atoms with E-state index in [1.807, 2.05) is 0 Å². The third kappa shape index (κ3) is 4.48. The summed E-state index contributed by atoms with van der Waals surface area (Å²) in [4.78, 5) is 37.1. The normalized spacial score (nSPS) is 9.96. The van der Waals surface area contributed by atoms with Crippen molar-refractivity contribution in [1.82, 2.24) is 4.98 Å². The molecular formula is C14H10ClN3O5. The topological polar surface area (TPSA) is 111 Å². The van der Waals surface area contributed by atoms with Crippen LogP contribution >= 0.6 is 11.6 Å². The highest BCUT2D eigenvalue weighted by Gasteiger charge is 2.14. The molecule has 0 saturated heterocycles. The van der Waals surface area contributed by atoms with Crippen LogP contribution in [0.15, 0.2) is 42.6 Å². The van der Waals surface area contributed by atoms with E-state index in [0.717, 1.165) is 6.07 Å². The maximum atomic E-state index is 11.7. The molecule has 23 heavy (non-hydrogen) atoms. The number of pyridine rings is 1. The number of hydrogen-bond acceptors (Lipinski definition) is 6. The van der Waals surface area contributed by atoms with Gasteiger partial charge in [-0.05, 0) is 18.2 Å². The zero-order chi connectivity index (χ0) is 16.8. The molecule has 1 heterocycles. The zero-order valence-corrected chi connectivity index (χ0v) is 12.3. The summed E-state index contributed by atoms with van der Waals surface area (Å²) in [5, 5.41) is 13.0. The summed E-state index contributed by atoms with van der Waals surface area (Å²) in [5.74, 6) is -1.37. The number of ether oxygens (including phenoxy) is 1. The second-order valence-electron chi connectivity index (χ2n) is 4.26. The van der Waals surface area contributed by atoms with Crippen molar-refractivity contribution in [3.05, 3.63) is 63.4 Å². The Morgan fingerprint density at radius 3 is 2.70 bits per heavy atom. The summed E-state index contributed by atoms with van der Waals surface area (Å²) in [6.07, 6.45) is 1.42. The molecule has 0 spiro atoms. The summed E-state index contributed by atoms with van der Waals surface area (Å²) in [6, 6.07) is 8.30. The van der Waals surface area contributed by atoms with Crippen LogP contribution in [0.3, 0.4) is 0 Å². The van der Waals surface area contributed by atoms with Gasteiger partial charge in [-0.3, -0.25) is 14.9 Å². The molecule has 2 aromatic rings. The summed E-state index contributed by atoms with van der Waals surface area (Å²) in [5.41, 5.74) is 0.0550. The highest BCUT2D eigenvalue weighted by molar-refractivity contribution is 6.34. The van der Waals surface area contributed by atoms with E-state index in [1.54, 1.807) is 12.1 Å². The molecule has 8 nitrogen and oxygen atoms in total. The second kappa shape index (κ2) is 7.32. The molecular weight excluding hydrogens is 326 g/mol. The maximum Gasteiger partial charge on any atom is 0.357 e. The standard InChI is InChI=1S/C14H10ClN3O5/c15-10-7-9(18(21)22)4-5-11(10)17-13(19)8-23-14(20)12-3-1-2-6-16-12/h1-7H,8H2,(H,17,19). The first-order valence-electron chi connectivity index (χ1n) is 6.29. The average molecular weight is 336 g/mol. The molecule has 1 N–H and O–H groups in total. The number of nitrogens with zero attached hydrogens (tertiary/aromatic N) is 2. The van der Waals surface area contributed by atoms with Crippen molar-refractivity contribution in [2.24, 2.45) is 0 Å². The smallest absolute Gasteiger partial charge is 0.357 e. The number of rotatable bonds is 5. The van der Waals surface area contributed by atoms with Crippen LogP contribution in [0.5, 0.6) is 0 Å². The van der Waals surface area contributed by atoms with Gasteiger partial charge in [0.1, 0.15) is 5.69 Å². The molecule has 0 aliphatic rings. The lowest BCUT2D eigenvalue weighted by Crippen LogP contribution is -2.21. The van der Waals surface area contributed by atoms with Gasteiger partial charge in [0.2, 0.25) is 0 Å². The number of nitrogens with one attached hydrogen (secondary N) is 1. The first-order chi connectivity index (χ1) is 11.0. The molecule has 118 valence electrons. The highest BCUT2D eigenvalue weighted by atomic mass is 35.5. The minimum atomic E-state index is -0.740. The van der Waals surface area contributed by atoms with Crippen LogP contribution < -0.4 is 5.32 Å². The van der Waals surface area contributed by atoms with Crippen molar-refractivity contribution in [3.8, 4) is 0 Å². The van der Waals surface area contributed by atoms with Gasteiger partial charge in [0, 0.05) is 18.3 Å². The van der Waals surface area contributed by atoms with Crippen LogP contribution in [-0.4, -0.2) is 28.4 Å². The van der Waals surface area contributed by atoms with Gasteiger partial charge in [-0.2, -0.15) is 0 Å². The van der Waals surface area contributed by atoms with E-state index < -0.39 is 23.4 Å². The number of hydrogen-bond donors (Lipinski definition) is 1. The molecule has 2 rings (SSSR count). The Morgan fingerprint density at radius 1 is 1.30 bits per heavy atom. The lowest BCUT2D eigenvalue weighted by molar-refractivity contribution is -0.384. The largest absolute Gasteiger partial charge is 0.451 e. The zero-order valence-electron chi connectivity index (χ0n) is 11.6. The van der Waals surface area contributed by atoms with Gasteiger partial charge >= 0.3 is 5.97 Å². The van der Waals surface area contributed by atoms with Crippen molar-refractivity contribution in [2.75, 3.05) is 11.9 Å². The van der Waals surface area contributed by atoms with Crippen LogP contribution in [0.2, 0.25) is 5.02 Å². The van der Waals surface area contributed by atoms with E-state index in [0.29, 0.717) is 0 Å². The van der Waals surface area contributed by atoms with Crippen LogP contribution in [0.4, 0.5) is 11.4 Å². The summed E-state index contributed by atoms with van der Waals surface area (Å²) >= 11 is 5.84. The Morgan fingerprint density at radius 2 is 2.09 bits per heavy atom. The van der Waals surface area contributed by atoms with Gasteiger partial charge in [-0.15, -0.1) is 0 Å². The molecule has 1 aromatic heterocycles. The molecule has 1 amide bonds. The van der Waals surface area contributed by atoms with Gasteiger partial charge in [0.15, 0.2) is 6.61 Å². The molecule has 0 atom stereocenters. The van der Waals surface area contributed by atoms with E-state index >= 15 is 0 Å². The highest BCUT2D eigenvalue weighted by Crippen LogP contribution is 2.26. The Hall–Kier alpha value is -3.00. The fourth-order valence-electron chi connectivity index (χ4n) is 1.59. The lowest BCUT2D eigenvalue weighted by atomic mass is 10.3. The molecule has 0 aliphatic heterocycles. The molecule has 0 bridgehead atoms. The van der Waals surface area contributed by atoms with Gasteiger partial charge in [-0.1, -0.05) is 17.7 Å². The molecule has 0 radical (unpaired) electrons. The van der Waals surface area contributed by atoms with E-state index in [9.17, 15) is 19.7 Å². The van der Waals surface area contributed by atoms with E-state index in [4.69, 9.17) is 16.3 Å². The van der Waals surface area contributed by atoms with Crippen LogP contribution in [-0.2, 0) is 9.53 Å². The Labute approximate surface area is 135 Å². The SMILES string of the molecule is O=C(COC(=O)c1ccccn1)Nc1ccc([N+](=O)[O-])cc1Cl. The number of nitro benzene ring substituents is 1. The van der Waals surface area contributed by atoms with Crippen molar-refractivity contribution >= 4 is 34.9 Å². The minimum absolute atomic E-state index is 0.00334. The average Bonchev–Trinajstić information content (AvgIpc) is 2.55. The number of carbonyl (C=O) groups is 2. The van der Waals surface area contributed by atoms with Crippen molar-refractivity contribution in [1.29, 1.82) is 0 Å². The summed E-state index contributed by atoms with van der Waals surface area (Å²) in [6.45, 7) is -0.539. The molecule has 0 aliphatic carbocycles. The van der Waals surface area contributed by atoms with Crippen molar-refractivity contribution in [2.45, 2.75) is 0 Å². The Kier molecular flexibility index (Phi) is 5.21. The minimum Gasteiger partial charge on any atom is -0.451 e. The van der Waals surface area contributed by atoms with Crippen LogP contribution in [0, 0.1) is 10.1 Å². The number of halogens is 1. The Bertz CT molecular complexity index is 751. The number of aromatic nitrogens is 1. The maximum absolute atomic E-state index is 11.7. The van der Waals surface area contributed by atoms with E-state index in [2.05, 4.69) is 10.3 Å². The number of carbonyl (C=O) groups excluding carboxylic acids is 2. The number of esters is 1. The first kappa shape index (κ1) is 16.4. The fourth-order valence-corrected chi connectivity index (χ4v) is 1.82. The van der Waals surface area contributed by atoms with Crippen molar-refractivity contribution < 1.29 is 19.2 Å². The predicted molar refractivity (Wildman–Crippen MR) is 81.3 cm³/mol. The quantitative estimate of drug-likeness (QED) is 0.510. The van der Waals surface area contributed by atoms with Gasteiger partial charge < -0.3 is 10.1 Å². The van der Waals surface area contributed by atoms with Gasteiger partial charge in [0.25, 0.3) is 11.6 Å². The summed E-state index contributed by atoms with van der Waals surface area (Å²) in [7, 11) is 0. The molecule has 1 aromatic carbocycles. The number of anilines is 1. The number of amides is 1. The summed E-state index contributed by atoms with van der Waals surface area (Å²) < 4.78 is 4.80. The van der Waals surface area contributed by atoms with E-state index in [-0.39, 0.29) is 22.1 Å². The van der Waals surface area contributed by atoms with Gasteiger partial charge in [0.05, 0.1) is 15.6 Å². The third-order valence-corrected chi connectivity index (χ3v) is 2.96.